The SMILES string of the molecule is C=C[C@@H]1C[C@H](C)OC[C@@H]1c1nc(Br)cs1. The summed E-state index contributed by atoms with van der Waals surface area (Å²) < 4.78 is 6.61. The van der Waals surface area contributed by atoms with Crippen LogP contribution in [0.2, 0.25) is 0 Å². The molecule has 0 aromatic carbocycles. The van der Waals surface area contributed by atoms with Gasteiger partial charge >= 0.3 is 0 Å². The lowest BCUT2D eigenvalue weighted by atomic mass is 9.86. The van der Waals surface area contributed by atoms with Crippen LogP contribution in [-0.2, 0) is 4.74 Å². The fourth-order valence-corrected chi connectivity index (χ4v) is 3.39. The molecule has 0 N–H and O–H groups in total. The van der Waals surface area contributed by atoms with Crippen LogP contribution in [0.15, 0.2) is 22.6 Å². The molecule has 1 aromatic heterocycles. The maximum absolute atomic E-state index is 5.69. The van der Waals surface area contributed by atoms with E-state index in [9.17, 15) is 0 Å². The molecule has 4 heteroatoms. The fraction of sp³-hybridized carbons (Fsp3) is 0.545. The van der Waals surface area contributed by atoms with Gasteiger partial charge in [-0.25, -0.2) is 4.98 Å². The van der Waals surface area contributed by atoms with E-state index in [1.54, 1.807) is 11.3 Å². The van der Waals surface area contributed by atoms with E-state index in [0.29, 0.717) is 17.9 Å². The predicted octanol–water partition coefficient (Wildman–Crippen LogP) is 3.60. The number of aromatic nitrogens is 1. The van der Waals surface area contributed by atoms with Crippen LogP contribution in [0.1, 0.15) is 24.3 Å². The summed E-state index contributed by atoms with van der Waals surface area (Å²) in [6, 6.07) is 0. The fourth-order valence-electron chi connectivity index (χ4n) is 1.96. The second-order valence-corrected chi connectivity index (χ2v) is 5.60. The summed E-state index contributed by atoms with van der Waals surface area (Å²) in [5.74, 6) is 0.877. The Bertz CT molecular complexity index is 352. The van der Waals surface area contributed by atoms with Gasteiger partial charge in [0.2, 0.25) is 0 Å². The Morgan fingerprint density at radius 1 is 1.73 bits per heavy atom. The molecule has 1 aliphatic heterocycles. The standard InChI is InChI=1S/C11H14BrNOS/c1-3-8-4-7(2)14-5-9(8)11-13-10(12)6-15-11/h3,6-9H,1,4-5H2,2H3/t7-,8+,9-/m0/s1. The summed E-state index contributed by atoms with van der Waals surface area (Å²) in [5.41, 5.74) is 0. The lowest BCUT2D eigenvalue weighted by Crippen LogP contribution is -2.29. The molecule has 0 bridgehead atoms. The van der Waals surface area contributed by atoms with Crippen LogP contribution in [-0.4, -0.2) is 17.7 Å². The number of nitrogens with zero attached hydrogens (tertiary/aromatic N) is 1. The van der Waals surface area contributed by atoms with Gasteiger partial charge in [-0.2, -0.15) is 0 Å². The third kappa shape index (κ3) is 2.49. The van der Waals surface area contributed by atoms with E-state index in [0.717, 1.165) is 22.6 Å². The van der Waals surface area contributed by atoms with E-state index in [1.165, 1.54) is 0 Å². The molecular weight excluding hydrogens is 274 g/mol. The van der Waals surface area contributed by atoms with Crippen molar-refractivity contribution in [3.05, 3.63) is 27.6 Å². The average molecular weight is 288 g/mol. The Labute approximate surface area is 102 Å². The van der Waals surface area contributed by atoms with Crippen LogP contribution in [0.3, 0.4) is 0 Å². The van der Waals surface area contributed by atoms with Crippen molar-refractivity contribution in [1.82, 2.24) is 4.98 Å². The first-order chi connectivity index (χ1) is 7.20. The van der Waals surface area contributed by atoms with E-state index in [1.807, 2.05) is 11.5 Å². The average Bonchev–Trinajstić information content (AvgIpc) is 2.64. The molecule has 0 spiro atoms. The maximum atomic E-state index is 5.69. The van der Waals surface area contributed by atoms with E-state index >= 15 is 0 Å². The van der Waals surface area contributed by atoms with Crippen molar-refractivity contribution >= 4 is 27.3 Å². The van der Waals surface area contributed by atoms with Crippen LogP contribution in [0.25, 0.3) is 0 Å². The van der Waals surface area contributed by atoms with Gasteiger partial charge in [-0.1, -0.05) is 6.08 Å². The van der Waals surface area contributed by atoms with Gasteiger partial charge in [0.15, 0.2) is 0 Å². The largest absolute Gasteiger partial charge is 0.378 e. The highest BCUT2D eigenvalue weighted by molar-refractivity contribution is 9.10. The molecule has 0 unspecified atom stereocenters. The number of allylic oxidation sites excluding steroid dienone is 1. The molecule has 2 rings (SSSR count). The van der Waals surface area contributed by atoms with Crippen molar-refractivity contribution in [2.24, 2.45) is 5.92 Å². The summed E-state index contributed by atoms with van der Waals surface area (Å²) in [4.78, 5) is 4.46. The zero-order valence-corrected chi connectivity index (χ0v) is 11.1. The van der Waals surface area contributed by atoms with Gasteiger partial charge in [-0.3, -0.25) is 0 Å². The Kier molecular flexibility index (Phi) is 3.59. The monoisotopic (exact) mass is 287 g/mol. The van der Waals surface area contributed by atoms with E-state index in [4.69, 9.17) is 4.74 Å². The summed E-state index contributed by atoms with van der Waals surface area (Å²) in [5, 5.41) is 3.17. The first kappa shape index (κ1) is 11.3. The van der Waals surface area contributed by atoms with Crippen molar-refractivity contribution in [2.75, 3.05) is 6.61 Å². The molecule has 0 radical (unpaired) electrons. The Morgan fingerprint density at radius 3 is 3.13 bits per heavy atom. The number of hydrogen-bond donors (Lipinski definition) is 0. The molecule has 3 atom stereocenters. The lowest BCUT2D eigenvalue weighted by molar-refractivity contribution is -0.00213. The number of halogens is 1. The normalized spacial score (nSPS) is 31.5. The molecule has 2 heterocycles. The molecule has 1 fully saturated rings. The molecule has 15 heavy (non-hydrogen) atoms. The van der Waals surface area contributed by atoms with Gasteiger partial charge in [0, 0.05) is 11.3 Å². The van der Waals surface area contributed by atoms with Crippen molar-refractivity contribution in [3.63, 3.8) is 0 Å². The Hall–Kier alpha value is -0.190. The zero-order valence-electron chi connectivity index (χ0n) is 8.65. The van der Waals surface area contributed by atoms with Gasteiger partial charge in [0.25, 0.3) is 0 Å². The van der Waals surface area contributed by atoms with Crippen LogP contribution >= 0.6 is 27.3 Å². The third-order valence-electron chi connectivity index (χ3n) is 2.80. The van der Waals surface area contributed by atoms with Crippen molar-refractivity contribution < 1.29 is 4.74 Å². The molecule has 0 saturated carbocycles. The lowest BCUT2D eigenvalue weighted by Gasteiger charge is -2.31. The number of hydrogen-bond acceptors (Lipinski definition) is 3. The molecule has 2 nitrogen and oxygen atoms in total. The minimum atomic E-state index is 0.340. The highest BCUT2D eigenvalue weighted by Gasteiger charge is 2.30. The Balaban J connectivity index is 2.17. The van der Waals surface area contributed by atoms with E-state index < -0.39 is 0 Å². The van der Waals surface area contributed by atoms with Gasteiger partial charge in [-0.15, -0.1) is 17.9 Å². The number of rotatable bonds is 2. The number of thiazole rings is 1. The highest BCUT2D eigenvalue weighted by Crippen LogP contribution is 2.36. The molecule has 1 aromatic rings. The van der Waals surface area contributed by atoms with Gasteiger partial charge in [0.1, 0.15) is 4.60 Å². The van der Waals surface area contributed by atoms with Crippen LogP contribution < -0.4 is 0 Å². The molecule has 0 aliphatic carbocycles. The first-order valence-electron chi connectivity index (χ1n) is 5.05. The summed E-state index contributed by atoms with van der Waals surface area (Å²) in [6.45, 7) is 6.79. The summed E-state index contributed by atoms with van der Waals surface area (Å²) in [7, 11) is 0. The number of ether oxygens (including phenoxy) is 1. The topological polar surface area (TPSA) is 22.1 Å². The van der Waals surface area contributed by atoms with Crippen LogP contribution in [0.4, 0.5) is 0 Å². The molecule has 1 saturated heterocycles. The maximum Gasteiger partial charge on any atom is 0.117 e. The van der Waals surface area contributed by atoms with Crippen molar-refractivity contribution in [1.29, 1.82) is 0 Å². The minimum Gasteiger partial charge on any atom is -0.378 e. The van der Waals surface area contributed by atoms with Gasteiger partial charge in [0.05, 0.1) is 17.7 Å². The Morgan fingerprint density at radius 2 is 2.53 bits per heavy atom. The zero-order chi connectivity index (χ0) is 10.8. The van der Waals surface area contributed by atoms with Crippen LogP contribution in [0.5, 0.6) is 0 Å². The van der Waals surface area contributed by atoms with Crippen LogP contribution in [0, 0.1) is 5.92 Å². The third-order valence-corrected chi connectivity index (χ3v) is 4.48. The predicted molar refractivity (Wildman–Crippen MR) is 66.3 cm³/mol. The van der Waals surface area contributed by atoms with Crippen molar-refractivity contribution in [2.45, 2.75) is 25.4 Å². The molecule has 82 valence electrons. The molecule has 0 amide bonds. The summed E-state index contributed by atoms with van der Waals surface area (Å²) >= 11 is 5.08. The van der Waals surface area contributed by atoms with Gasteiger partial charge in [-0.05, 0) is 35.2 Å². The highest BCUT2D eigenvalue weighted by atomic mass is 79.9. The quantitative estimate of drug-likeness (QED) is 0.776. The minimum absolute atomic E-state index is 0.340. The van der Waals surface area contributed by atoms with Crippen molar-refractivity contribution in [3.8, 4) is 0 Å². The first-order valence-corrected chi connectivity index (χ1v) is 6.73. The summed E-state index contributed by atoms with van der Waals surface area (Å²) in [6.07, 6.45) is 3.43. The second kappa shape index (κ2) is 4.76. The van der Waals surface area contributed by atoms with E-state index in [2.05, 4.69) is 34.4 Å². The second-order valence-electron chi connectivity index (χ2n) is 3.89. The molecule has 1 aliphatic rings. The van der Waals surface area contributed by atoms with Gasteiger partial charge < -0.3 is 4.74 Å². The van der Waals surface area contributed by atoms with E-state index in [-0.39, 0.29) is 0 Å². The molecular formula is C11H14BrNOS. The smallest absolute Gasteiger partial charge is 0.117 e.